The molecule has 0 spiro atoms. The van der Waals surface area contributed by atoms with E-state index in [1.807, 2.05) is 30.3 Å². The van der Waals surface area contributed by atoms with Gasteiger partial charge >= 0.3 is 5.69 Å². The predicted molar refractivity (Wildman–Crippen MR) is 124 cm³/mol. The van der Waals surface area contributed by atoms with Crippen molar-refractivity contribution in [2.24, 2.45) is 0 Å². The maximum atomic E-state index is 13.3. The Balaban J connectivity index is 1.69. The van der Waals surface area contributed by atoms with Crippen LogP contribution in [0, 0.1) is 5.82 Å². The minimum atomic E-state index is -0.629. The number of fused-ring (bicyclic) bond motifs is 1. The topological polar surface area (TPSA) is 100 Å². The van der Waals surface area contributed by atoms with Crippen LogP contribution < -0.4 is 16.6 Å². The summed E-state index contributed by atoms with van der Waals surface area (Å²) >= 11 is 0. The number of halogens is 1. The molecule has 1 amide bonds. The lowest BCUT2D eigenvalue weighted by Crippen LogP contribution is -2.44. The van der Waals surface area contributed by atoms with Crippen molar-refractivity contribution in [3.05, 3.63) is 98.7 Å². The third kappa shape index (κ3) is 4.96. The number of carbonyl (C=O) groups is 1. The van der Waals surface area contributed by atoms with E-state index in [0.29, 0.717) is 18.7 Å². The second kappa shape index (κ2) is 10.3. The van der Waals surface area contributed by atoms with Gasteiger partial charge in [0.25, 0.3) is 5.56 Å². The lowest BCUT2D eigenvalue weighted by atomic mass is 10.2. The number of imidazole rings is 1. The third-order valence-corrected chi connectivity index (χ3v) is 5.41. The zero-order valence-electron chi connectivity index (χ0n) is 18.6. The molecule has 2 aromatic carbocycles. The molecular weight excluding hydrogens is 441 g/mol. The number of hydrogen-bond donors (Lipinski definition) is 1. The molecule has 0 unspecified atom stereocenters. The van der Waals surface area contributed by atoms with E-state index in [1.54, 1.807) is 23.8 Å². The second-order valence-electron chi connectivity index (χ2n) is 7.75. The molecule has 0 saturated carbocycles. The van der Waals surface area contributed by atoms with E-state index in [0.717, 1.165) is 10.1 Å². The molecule has 0 radical (unpaired) electrons. The lowest BCUT2D eigenvalue weighted by Gasteiger charge is -2.13. The average molecular weight is 465 g/mol. The van der Waals surface area contributed by atoms with Crippen LogP contribution in [0.3, 0.4) is 0 Å². The van der Waals surface area contributed by atoms with Crippen LogP contribution in [-0.4, -0.2) is 38.3 Å². The molecule has 2 aromatic heterocycles. The summed E-state index contributed by atoms with van der Waals surface area (Å²) in [5.74, 6) is -0.893. The van der Waals surface area contributed by atoms with E-state index in [1.165, 1.54) is 23.0 Å². The molecule has 0 fully saturated rings. The van der Waals surface area contributed by atoms with E-state index in [4.69, 9.17) is 4.74 Å². The van der Waals surface area contributed by atoms with E-state index in [2.05, 4.69) is 10.3 Å². The Hall–Kier alpha value is -4.05. The number of aromatic nitrogens is 4. The summed E-state index contributed by atoms with van der Waals surface area (Å²) in [5, 5.41) is 2.67. The number of amides is 1. The third-order valence-electron chi connectivity index (χ3n) is 5.41. The molecule has 2 heterocycles. The van der Waals surface area contributed by atoms with Crippen LogP contribution in [0.5, 0.6) is 0 Å². The molecule has 9 nitrogen and oxygen atoms in total. The summed E-state index contributed by atoms with van der Waals surface area (Å²) in [6, 6.07) is 15.0. The largest absolute Gasteiger partial charge is 0.383 e. The first-order chi connectivity index (χ1) is 16.5. The smallest absolute Gasteiger partial charge is 0.333 e. The van der Waals surface area contributed by atoms with Gasteiger partial charge in [0.05, 0.1) is 19.5 Å². The van der Waals surface area contributed by atoms with Crippen LogP contribution in [-0.2, 0) is 35.7 Å². The normalized spacial score (nSPS) is 11.1. The number of benzene rings is 2. The van der Waals surface area contributed by atoms with Crippen molar-refractivity contribution in [3.63, 3.8) is 0 Å². The Morgan fingerprint density at radius 3 is 2.47 bits per heavy atom. The average Bonchev–Trinajstić information content (AvgIpc) is 3.27. The quantitative estimate of drug-likeness (QED) is 0.404. The second-order valence-corrected chi connectivity index (χ2v) is 7.75. The van der Waals surface area contributed by atoms with Crippen molar-refractivity contribution >= 4 is 17.1 Å². The first kappa shape index (κ1) is 23.1. The SMILES string of the molecule is COCCn1cnc2c1c(=O)n(CC(=O)NCc1ccc(F)cc1)c(=O)n2Cc1ccccc1. The standard InChI is InChI=1S/C24H24FN5O4/c1-34-12-11-28-16-27-22-21(28)23(32)30(24(33)29(22)14-18-5-3-2-4-6-18)15-20(31)26-13-17-7-9-19(25)10-8-17/h2-10,16H,11-15H2,1H3,(H,26,31). The summed E-state index contributed by atoms with van der Waals surface area (Å²) in [6.07, 6.45) is 1.49. The molecule has 0 aliphatic carbocycles. The summed E-state index contributed by atoms with van der Waals surface area (Å²) in [7, 11) is 1.55. The fraction of sp³-hybridized carbons (Fsp3) is 0.250. The maximum Gasteiger partial charge on any atom is 0.333 e. The van der Waals surface area contributed by atoms with E-state index in [9.17, 15) is 18.8 Å². The molecule has 0 bridgehead atoms. The first-order valence-corrected chi connectivity index (χ1v) is 10.7. The summed E-state index contributed by atoms with van der Waals surface area (Å²) in [4.78, 5) is 43.5. The Kier molecular flexibility index (Phi) is 6.98. The van der Waals surface area contributed by atoms with Gasteiger partial charge in [-0.15, -0.1) is 0 Å². The highest BCUT2D eigenvalue weighted by Gasteiger charge is 2.20. The van der Waals surface area contributed by atoms with Gasteiger partial charge in [-0.25, -0.2) is 18.7 Å². The van der Waals surface area contributed by atoms with Gasteiger partial charge in [0.15, 0.2) is 11.2 Å². The molecule has 0 atom stereocenters. The monoisotopic (exact) mass is 465 g/mol. The highest BCUT2D eigenvalue weighted by Crippen LogP contribution is 2.10. The van der Waals surface area contributed by atoms with Gasteiger partial charge in [0.1, 0.15) is 12.4 Å². The number of methoxy groups -OCH3 is 1. The van der Waals surface area contributed by atoms with Crippen LogP contribution in [0.1, 0.15) is 11.1 Å². The van der Waals surface area contributed by atoms with Crippen LogP contribution in [0.25, 0.3) is 11.2 Å². The van der Waals surface area contributed by atoms with Gasteiger partial charge < -0.3 is 14.6 Å². The highest BCUT2D eigenvalue weighted by molar-refractivity contribution is 5.76. The van der Waals surface area contributed by atoms with Crippen LogP contribution in [0.2, 0.25) is 0 Å². The first-order valence-electron chi connectivity index (χ1n) is 10.7. The number of nitrogens with zero attached hydrogens (tertiary/aromatic N) is 4. The van der Waals surface area contributed by atoms with Crippen molar-refractivity contribution in [2.75, 3.05) is 13.7 Å². The molecule has 4 rings (SSSR count). The zero-order chi connectivity index (χ0) is 24.1. The van der Waals surface area contributed by atoms with Crippen molar-refractivity contribution in [1.29, 1.82) is 0 Å². The molecule has 34 heavy (non-hydrogen) atoms. The van der Waals surface area contributed by atoms with E-state index in [-0.39, 0.29) is 30.1 Å². The van der Waals surface area contributed by atoms with Gasteiger partial charge in [-0.3, -0.25) is 14.2 Å². The van der Waals surface area contributed by atoms with Crippen molar-refractivity contribution < 1.29 is 13.9 Å². The summed E-state index contributed by atoms with van der Waals surface area (Å²) in [6.45, 7) is 0.581. The molecular formula is C24H24FN5O4. The number of rotatable bonds is 9. The minimum Gasteiger partial charge on any atom is -0.383 e. The molecule has 0 aliphatic rings. The number of hydrogen-bond acceptors (Lipinski definition) is 5. The fourth-order valence-corrected chi connectivity index (χ4v) is 3.65. The van der Waals surface area contributed by atoms with Crippen molar-refractivity contribution in [2.45, 2.75) is 26.2 Å². The van der Waals surface area contributed by atoms with Crippen LogP contribution in [0.4, 0.5) is 4.39 Å². The Bertz CT molecular complexity index is 1410. The Morgan fingerprint density at radius 2 is 1.76 bits per heavy atom. The van der Waals surface area contributed by atoms with Crippen molar-refractivity contribution in [3.8, 4) is 0 Å². The predicted octanol–water partition coefficient (Wildman–Crippen LogP) is 1.51. The molecule has 176 valence electrons. The van der Waals surface area contributed by atoms with Gasteiger partial charge in [-0.05, 0) is 23.3 Å². The molecule has 0 saturated heterocycles. The maximum absolute atomic E-state index is 13.3. The van der Waals surface area contributed by atoms with Gasteiger partial charge in [-0.2, -0.15) is 0 Å². The van der Waals surface area contributed by atoms with E-state index < -0.39 is 23.7 Å². The summed E-state index contributed by atoms with van der Waals surface area (Å²) < 4.78 is 22.1. The fourth-order valence-electron chi connectivity index (χ4n) is 3.65. The molecule has 10 heteroatoms. The van der Waals surface area contributed by atoms with E-state index >= 15 is 0 Å². The number of nitrogens with one attached hydrogen (secondary N) is 1. The van der Waals surface area contributed by atoms with Crippen LogP contribution >= 0.6 is 0 Å². The zero-order valence-corrected chi connectivity index (χ0v) is 18.6. The highest BCUT2D eigenvalue weighted by atomic mass is 19.1. The lowest BCUT2D eigenvalue weighted by molar-refractivity contribution is -0.121. The minimum absolute atomic E-state index is 0.139. The Labute approximate surface area is 194 Å². The van der Waals surface area contributed by atoms with Gasteiger partial charge in [0, 0.05) is 20.2 Å². The summed E-state index contributed by atoms with van der Waals surface area (Å²) in [5.41, 5.74) is 0.780. The number of ether oxygens (including phenoxy) is 1. The Morgan fingerprint density at radius 1 is 1.03 bits per heavy atom. The molecule has 4 aromatic rings. The number of carbonyl (C=O) groups excluding carboxylic acids is 1. The van der Waals surface area contributed by atoms with Gasteiger partial charge in [-0.1, -0.05) is 42.5 Å². The van der Waals surface area contributed by atoms with Gasteiger partial charge in [0.2, 0.25) is 5.91 Å². The van der Waals surface area contributed by atoms with Crippen LogP contribution in [0.15, 0.2) is 70.5 Å². The molecule has 0 aliphatic heterocycles. The molecule has 1 N–H and O–H groups in total. The van der Waals surface area contributed by atoms with Crippen molar-refractivity contribution in [1.82, 2.24) is 24.0 Å².